The number of benzene rings is 1. The van der Waals surface area contributed by atoms with Crippen molar-refractivity contribution in [3.05, 3.63) is 28.1 Å². The van der Waals surface area contributed by atoms with Gasteiger partial charge >= 0.3 is 5.51 Å². The third-order valence-electron chi connectivity index (χ3n) is 3.60. The third-order valence-corrected chi connectivity index (χ3v) is 7.78. The number of anilines is 1. The summed E-state index contributed by atoms with van der Waals surface area (Å²) in [4.78, 5) is 13.7. The molecule has 0 spiro atoms. The number of amides is 1. The van der Waals surface area contributed by atoms with Crippen LogP contribution >= 0.6 is 35.7 Å². The van der Waals surface area contributed by atoms with Gasteiger partial charge in [0.1, 0.15) is 9.93 Å². The minimum Gasteiger partial charge on any atom is -0.334 e. The van der Waals surface area contributed by atoms with E-state index in [-0.39, 0.29) is 14.9 Å². The number of nitrogens with two attached hydrogens (primary N) is 1. The summed E-state index contributed by atoms with van der Waals surface area (Å²) < 4.78 is 61.9. The minimum atomic E-state index is -5.47. The Balaban J connectivity index is 2.10. The summed E-state index contributed by atoms with van der Waals surface area (Å²) in [6.45, 7) is 2.03. The van der Waals surface area contributed by atoms with Gasteiger partial charge in [-0.2, -0.15) is 13.2 Å². The molecule has 0 bridgehead atoms. The molecule has 0 aliphatic carbocycles. The van der Waals surface area contributed by atoms with E-state index in [0.29, 0.717) is 16.5 Å². The summed E-state index contributed by atoms with van der Waals surface area (Å²) in [7, 11) is -5.47. The molecule has 1 aromatic rings. The lowest BCUT2D eigenvalue weighted by molar-refractivity contribution is -0.122. The molecule has 2 aliphatic rings. The van der Waals surface area contributed by atoms with Crippen molar-refractivity contribution >= 4 is 61.5 Å². The molecule has 0 saturated carbocycles. The Morgan fingerprint density at radius 2 is 1.92 bits per heavy atom. The quantitative estimate of drug-likeness (QED) is 0.325. The smallest absolute Gasteiger partial charge is 0.334 e. The molecule has 2 aliphatic heterocycles. The van der Waals surface area contributed by atoms with Gasteiger partial charge in [-0.05, 0) is 25.1 Å². The van der Waals surface area contributed by atoms with E-state index < -0.39 is 26.1 Å². The first-order valence-electron chi connectivity index (χ1n) is 6.95. The number of rotatable bonds is 2. The summed E-state index contributed by atoms with van der Waals surface area (Å²) >= 11 is 7.11. The zero-order valence-corrected chi connectivity index (χ0v) is 16.2. The van der Waals surface area contributed by atoms with Gasteiger partial charge < -0.3 is 4.90 Å². The van der Waals surface area contributed by atoms with Crippen LogP contribution in [0.25, 0.3) is 0 Å². The van der Waals surface area contributed by atoms with Crippen LogP contribution < -0.4 is 10.7 Å². The molecule has 2 N–H and O–H groups in total. The molecule has 2 heterocycles. The number of hydrogen-bond donors (Lipinski definition) is 1. The highest BCUT2D eigenvalue weighted by Crippen LogP contribution is 2.51. The normalized spacial score (nSPS) is 21.0. The van der Waals surface area contributed by atoms with Crippen LogP contribution in [0.3, 0.4) is 0 Å². The molecular formula is C13H10F3N3O3S4. The first-order valence-corrected chi connectivity index (χ1v) is 10.5. The number of fused-ring (bicyclic) bond motifs is 1. The van der Waals surface area contributed by atoms with Gasteiger partial charge in [-0.25, -0.2) is 19.3 Å². The fourth-order valence-electron chi connectivity index (χ4n) is 2.35. The predicted octanol–water partition coefficient (Wildman–Crippen LogP) is 2.82. The van der Waals surface area contributed by atoms with Crippen LogP contribution in [0, 0.1) is 0 Å². The number of hydrazine groups is 1. The zero-order valence-electron chi connectivity index (χ0n) is 12.9. The molecule has 0 aromatic heterocycles. The minimum absolute atomic E-state index is 0.158. The van der Waals surface area contributed by atoms with Gasteiger partial charge in [0.2, 0.25) is 0 Å². The predicted molar refractivity (Wildman–Crippen MR) is 96.8 cm³/mol. The lowest BCUT2D eigenvalue weighted by atomic mass is 10.3. The maximum Gasteiger partial charge on any atom is 0.501 e. The molecule has 0 radical (unpaired) electrons. The molecule has 13 heteroatoms. The van der Waals surface area contributed by atoms with Crippen LogP contribution in [0.1, 0.15) is 6.92 Å². The molecule has 0 unspecified atom stereocenters. The largest absolute Gasteiger partial charge is 0.501 e. The molecule has 26 heavy (non-hydrogen) atoms. The van der Waals surface area contributed by atoms with Crippen molar-refractivity contribution < 1.29 is 26.4 Å². The lowest BCUT2D eigenvalue weighted by Crippen LogP contribution is -2.35. The first kappa shape index (κ1) is 19.5. The second kappa shape index (κ2) is 6.41. The highest BCUT2D eigenvalue weighted by Gasteiger charge is 2.47. The maximum absolute atomic E-state index is 12.8. The lowest BCUT2D eigenvalue weighted by Gasteiger charge is -2.19. The van der Waals surface area contributed by atoms with Crippen molar-refractivity contribution in [1.82, 2.24) is 5.01 Å². The Hall–Kier alpha value is -1.28. The van der Waals surface area contributed by atoms with Gasteiger partial charge in [0.05, 0.1) is 10.6 Å². The van der Waals surface area contributed by atoms with Crippen LogP contribution in [0.15, 0.2) is 37.9 Å². The van der Waals surface area contributed by atoms with Gasteiger partial charge in [-0.3, -0.25) is 4.79 Å². The summed E-state index contributed by atoms with van der Waals surface area (Å²) in [6.07, 6.45) is 0. The number of sulfone groups is 1. The summed E-state index contributed by atoms with van der Waals surface area (Å²) in [6, 6.07) is 3.15. The highest BCUT2D eigenvalue weighted by molar-refractivity contribution is 8.27. The van der Waals surface area contributed by atoms with Crippen molar-refractivity contribution in [3.8, 4) is 0 Å². The monoisotopic (exact) mass is 441 g/mol. The second-order valence-electron chi connectivity index (χ2n) is 5.10. The van der Waals surface area contributed by atoms with E-state index >= 15 is 0 Å². The molecule has 1 amide bonds. The van der Waals surface area contributed by atoms with Gasteiger partial charge in [0, 0.05) is 11.4 Å². The van der Waals surface area contributed by atoms with E-state index in [2.05, 4.69) is 0 Å². The average Bonchev–Trinajstić information content (AvgIpc) is 3.05. The fraction of sp³-hybridized carbons (Fsp3) is 0.231. The number of nitrogens with zero attached hydrogens (tertiary/aromatic N) is 2. The Kier molecular flexibility index (Phi) is 4.80. The summed E-state index contributed by atoms with van der Waals surface area (Å²) in [5.41, 5.74) is -5.12. The number of alkyl halides is 3. The van der Waals surface area contributed by atoms with Gasteiger partial charge in [0.15, 0.2) is 4.32 Å². The van der Waals surface area contributed by atoms with Gasteiger partial charge in [-0.1, -0.05) is 35.7 Å². The Labute approximate surface area is 160 Å². The molecular weight excluding hydrogens is 431 g/mol. The Bertz CT molecular complexity index is 959. The first-order chi connectivity index (χ1) is 12.0. The molecule has 1 aromatic carbocycles. The zero-order chi connectivity index (χ0) is 19.4. The number of thiocarbonyl (C=S) groups is 1. The number of carbonyl (C=O) groups is 1. The van der Waals surface area contributed by atoms with E-state index in [0.717, 1.165) is 40.7 Å². The Morgan fingerprint density at radius 3 is 2.42 bits per heavy atom. The van der Waals surface area contributed by atoms with Crippen molar-refractivity contribution in [2.45, 2.75) is 22.2 Å². The van der Waals surface area contributed by atoms with Crippen molar-refractivity contribution in [3.63, 3.8) is 0 Å². The van der Waals surface area contributed by atoms with E-state index in [9.17, 15) is 26.4 Å². The van der Waals surface area contributed by atoms with Crippen molar-refractivity contribution in [2.75, 3.05) is 11.4 Å². The molecule has 0 atom stereocenters. The highest BCUT2D eigenvalue weighted by atomic mass is 32.2. The van der Waals surface area contributed by atoms with Crippen LogP contribution in [0.4, 0.5) is 18.9 Å². The Morgan fingerprint density at radius 1 is 1.27 bits per heavy atom. The summed E-state index contributed by atoms with van der Waals surface area (Å²) in [5, 5.41) is 1.27. The van der Waals surface area contributed by atoms with Crippen molar-refractivity contribution in [1.29, 1.82) is 0 Å². The molecule has 140 valence electrons. The van der Waals surface area contributed by atoms with Crippen LogP contribution in [0.2, 0.25) is 0 Å². The van der Waals surface area contributed by atoms with Gasteiger partial charge in [-0.15, -0.1) is 0 Å². The fourth-order valence-corrected chi connectivity index (χ4v) is 5.59. The van der Waals surface area contributed by atoms with E-state index in [1.54, 1.807) is 11.8 Å². The molecule has 6 nitrogen and oxygen atoms in total. The second-order valence-corrected chi connectivity index (χ2v) is 9.72. The molecule has 3 rings (SSSR count). The van der Waals surface area contributed by atoms with Crippen LogP contribution in [0.5, 0.6) is 0 Å². The van der Waals surface area contributed by atoms with E-state index in [4.69, 9.17) is 18.1 Å². The van der Waals surface area contributed by atoms with E-state index in [1.807, 2.05) is 0 Å². The van der Waals surface area contributed by atoms with Crippen molar-refractivity contribution in [2.24, 2.45) is 5.84 Å². The third kappa shape index (κ3) is 2.91. The number of thioether (sulfide) groups is 2. The molecule has 1 fully saturated rings. The van der Waals surface area contributed by atoms with E-state index in [1.165, 1.54) is 6.07 Å². The number of hydrogen-bond acceptors (Lipinski definition) is 8. The topological polar surface area (TPSA) is 83.7 Å². The van der Waals surface area contributed by atoms with Crippen LogP contribution in [-0.2, 0) is 14.6 Å². The standard InChI is InChI=1S/C13H10F3N3O3S4/c1-2-18-7-5-6(26(21,22)13(14,15)16)3-4-8(7)24-11(18)9-10(20)19(17)12(23)25-9/h3-5H,2,17H2,1H3. The summed E-state index contributed by atoms with van der Waals surface area (Å²) in [5.74, 6) is 5.04. The maximum atomic E-state index is 12.8. The van der Waals surface area contributed by atoms with Crippen LogP contribution in [-0.4, -0.2) is 35.7 Å². The number of halogens is 3. The SMILES string of the molecule is CCN1C(=C2SC(=S)N(N)C2=O)Sc2ccc(S(=O)(=O)C(F)(F)F)cc21. The van der Waals surface area contributed by atoms with Gasteiger partial charge in [0.25, 0.3) is 15.7 Å². The molecule has 1 saturated heterocycles. The average molecular weight is 442 g/mol. The number of carbonyl (C=O) groups excluding carboxylic acids is 1.